The number of hydroxylamine groups is 2. The molecule has 7 rings (SSSR count). The largest absolute Gasteiger partial charge is 0.444 e. The van der Waals surface area contributed by atoms with Crippen molar-refractivity contribution in [2.75, 3.05) is 64.3 Å². The van der Waals surface area contributed by atoms with Gasteiger partial charge in [-0.25, -0.2) is 18.4 Å². The van der Waals surface area contributed by atoms with Crippen LogP contribution in [0.25, 0.3) is 21.9 Å². The molecule has 1 amide bonds. The molecule has 0 spiro atoms. The van der Waals surface area contributed by atoms with Crippen LogP contribution >= 0.6 is 38.5 Å². The number of ether oxygens (including phenoxy) is 1. The maximum atomic E-state index is 14.1. The van der Waals surface area contributed by atoms with Gasteiger partial charge < -0.3 is 63.3 Å². The van der Waals surface area contributed by atoms with E-state index in [0.29, 0.717) is 53.1 Å². The molecule has 2 radical (unpaired) electrons. The molecular formula is C39H48BrF2IN6O6V2-2. The van der Waals surface area contributed by atoms with Gasteiger partial charge >= 0.3 is 12.1 Å². The van der Waals surface area contributed by atoms with Crippen LogP contribution < -0.4 is 4.90 Å². The summed E-state index contributed by atoms with van der Waals surface area (Å²) in [6.45, 7) is 14.7. The molecule has 18 heteroatoms. The summed E-state index contributed by atoms with van der Waals surface area (Å²) in [6.07, 6.45) is -0.332. The monoisotopic (exact) mass is 1040 g/mol. The standard InChI is InChI=1S/C16H22N2O4.C13H16FN3O.C8H5BrFNO.CH2I.CH3.2V/c1-16(2,3)21-15(20)17-9-11-18(12-10-17)22-14(19)13-7-5-4-6-8-13;1-9-10-7-12(11(14)8-13(10)18-15-9)17-5-3-16(2)4-6-17;1-4-5-2-6(9)7(10)3-8(5)12-11-4;1-2;;;/h4-8H,9-12H2,1-3H3;7-8H,3-6H2,1-2H3;2-3H,1H3;1H2;1H3;;/q;;;2*-1;;. The number of nitrogens with zero attached hydrogens (tertiary/aromatic N) is 6. The van der Waals surface area contributed by atoms with Gasteiger partial charge in [-0.15, -0.1) is 5.06 Å². The number of likely N-dealkylation sites (N-methyl/N-ethyl adjacent to an activating group) is 1. The van der Waals surface area contributed by atoms with Gasteiger partial charge in [0.25, 0.3) is 0 Å². The fourth-order valence-corrected chi connectivity index (χ4v) is 5.79. The fraction of sp³-hybridized carbons (Fsp3) is 0.385. The van der Waals surface area contributed by atoms with E-state index in [1.54, 1.807) is 40.3 Å². The molecule has 2 fully saturated rings. The Hall–Kier alpha value is -2.70. The Labute approximate surface area is 379 Å². The third-order valence-electron chi connectivity index (χ3n) is 8.37. The van der Waals surface area contributed by atoms with Gasteiger partial charge in [-0.2, -0.15) is 0 Å². The normalized spacial score (nSPS) is 14.2. The first-order chi connectivity index (χ1) is 25.7. The molecule has 57 heavy (non-hydrogen) atoms. The number of carbonyl (C=O) groups is 2. The molecule has 12 nitrogen and oxygen atoms in total. The number of piperazine rings is 2. The predicted octanol–water partition coefficient (Wildman–Crippen LogP) is 9.03. The van der Waals surface area contributed by atoms with Gasteiger partial charge in [0.05, 0.1) is 40.2 Å². The average Bonchev–Trinajstić information content (AvgIpc) is 3.69. The van der Waals surface area contributed by atoms with Crippen LogP contribution in [0.15, 0.2) is 68.1 Å². The number of anilines is 1. The molecule has 2 saturated heterocycles. The molecular weight excluding hydrogens is 995 g/mol. The molecule has 2 aliphatic heterocycles. The molecule has 0 aliphatic carbocycles. The van der Waals surface area contributed by atoms with Crippen LogP contribution in [0.2, 0.25) is 0 Å². The minimum Gasteiger partial charge on any atom is -0.444 e. The molecule has 0 N–H and O–H groups in total. The van der Waals surface area contributed by atoms with E-state index in [1.807, 2.05) is 69.3 Å². The van der Waals surface area contributed by atoms with E-state index in [0.717, 1.165) is 48.3 Å². The number of carbonyl (C=O) groups excluding carboxylic acids is 2. The molecule has 2 aromatic heterocycles. The van der Waals surface area contributed by atoms with Gasteiger partial charge in [-0.1, -0.05) is 28.5 Å². The van der Waals surface area contributed by atoms with Crippen molar-refractivity contribution in [3.8, 4) is 0 Å². The number of halogens is 4. The van der Waals surface area contributed by atoms with Crippen LogP contribution in [0.5, 0.6) is 0 Å². The first-order valence-electron chi connectivity index (χ1n) is 17.2. The van der Waals surface area contributed by atoms with E-state index in [1.165, 1.54) is 12.1 Å². The van der Waals surface area contributed by atoms with Crippen LogP contribution in [0, 0.1) is 37.8 Å². The quantitative estimate of drug-likeness (QED) is 0.127. The SMILES string of the molecule is CC(C)(C)OC(=O)N1CCN(OC(=O)c2ccccc2)CC1.Cc1noc2cc(F)c(Br)cc12.Cc1noc2cc(F)c(N3CCN(C)CC3)cc12.[CH2-]I.[CH3-].[V].[V]. The number of hydrogen-bond donors (Lipinski definition) is 0. The zero-order valence-electron chi connectivity index (χ0n) is 33.1. The van der Waals surface area contributed by atoms with E-state index >= 15 is 0 Å². The third-order valence-corrected chi connectivity index (χ3v) is 8.98. The summed E-state index contributed by atoms with van der Waals surface area (Å²) in [6, 6.07) is 15.1. The molecule has 310 valence electrons. The van der Waals surface area contributed by atoms with Gasteiger partial charge in [0.2, 0.25) is 0 Å². The number of hydrogen-bond acceptors (Lipinski definition) is 11. The van der Waals surface area contributed by atoms with E-state index in [-0.39, 0.29) is 68.2 Å². The van der Waals surface area contributed by atoms with E-state index in [2.05, 4.69) is 48.0 Å². The number of aromatic nitrogens is 2. The van der Waals surface area contributed by atoms with Crippen molar-refractivity contribution in [3.05, 3.63) is 100 Å². The molecule has 0 atom stereocenters. The summed E-state index contributed by atoms with van der Waals surface area (Å²) < 4.78 is 42.7. The molecule has 2 aliphatic rings. The first-order valence-corrected chi connectivity index (χ1v) is 19.5. The molecule has 0 saturated carbocycles. The van der Waals surface area contributed by atoms with Crippen molar-refractivity contribution >= 4 is 78.2 Å². The number of aryl methyl sites for hydroxylation is 2. The number of amides is 1. The smallest absolute Gasteiger partial charge is 0.410 e. The van der Waals surface area contributed by atoms with Gasteiger partial charge in [0, 0.05) is 99.3 Å². The Bertz CT molecular complexity index is 2000. The fourth-order valence-electron chi connectivity index (χ4n) is 5.44. The number of fused-ring (bicyclic) bond motifs is 2. The summed E-state index contributed by atoms with van der Waals surface area (Å²) in [7, 11) is 2.08. The van der Waals surface area contributed by atoms with Crippen LogP contribution in [-0.4, -0.2) is 102 Å². The van der Waals surface area contributed by atoms with Crippen molar-refractivity contribution in [1.29, 1.82) is 0 Å². The predicted molar refractivity (Wildman–Crippen MR) is 222 cm³/mol. The van der Waals surface area contributed by atoms with Gasteiger partial charge in [-0.05, 0) is 81.9 Å². The van der Waals surface area contributed by atoms with Crippen LogP contribution in [0.1, 0.15) is 42.5 Å². The van der Waals surface area contributed by atoms with E-state index in [4.69, 9.17) is 18.6 Å². The van der Waals surface area contributed by atoms with Crippen LogP contribution in [0.3, 0.4) is 0 Å². The second-order valence-corrected chi connectivity index (χ2v) is 14.4. The van der Waals surface area contributed by atoms with Crippen LogP contribution in [-0.2, 0) is 46.7 Å². The summed E-state index contributed by atoms with van der Waals surface area (Å²) in [4.78, 5) is 38.4. The van der Waals surface area contributed by atoms with Crippen molar-refractivity contribution in [3.63, 3.8) is 0 Å². The maximum absolute atomic E-state index is 14.1. The number of rotatable bonds is 3. The Morgan fingerprint density at radius 1 is 0.807 bits per heavy atom. The van der Waals surface area contributed by atoms with Gasteiger partial charge in [-0.3, -0.25) is 4.93 Å². The zero-order chi connectivity index (χ0) is 39.6. The molecule has 0 bridgehead atoms. The Balaban J connectivity index is 0.000000421. The Morgan fingerprint density at radius 3 is 1.84 bits per heavy atom. The molecule has 4 heterocycles. The summed E-state index contributed by atoms with van der Waals surface area (Å²) >= 11 is 4.99. The Kier molecular flexibility index (Phi) is 22.4. The topological polar surface area (TPSA) is 118 Å². The van der Waals surface area contributed by atoms with E-state index in [9.17, 15) is 18.4 Å². The zero-order valence-corrected chi connectivity index (χ0v) is 39.6. The summed E-state index contributed by atoms with van der Waals surface area (Å²) in [5.74, 6) is -0.951. The second-order valence-electron chi connectivity index (χ2n) is 13.5. The van der Waals surface area contributed by atoms with Crippen molar-refractivity contribution in [2.24, 2.45) is 0 Å². The second kappa shape index (κ2) is 24.4. The third kappa shape index (κ3) is 15.1. The van der Waals surface area contributed by atoms with Crippen molar-refractivity contribution < 1.29 is 74.1 Å². The van der Waals surface area contributed by atoms with Crippen molar-refractivity contribution in [2.45, 2.75) is 40.2 Å². The minimum atomic E-state index is -0.506. The Morgan fingerprint density at radius 2 is 1.32 bits per heavy atom. The average molecular weight is 1040 g/mol. The molecule has 5 aromatic rings. The molecule has 3 aromatic carbocycles. The molecule has 0 unspecified atom stereocenters. The van der Waals surface area contributed by atoms with E-state index < -0.39 is 5.60 Å². The summed E-state index contributed by atoms with van der Waals surface area (Å²) in [5, 5.41) is 10.9. The number of benzene rings is 3. The van der Waals surface area contributed by atoms with Gasteiger partial charge in [0.15, 0.2) is 11.2 Å². The van der Waals surface area contributed by atoms with Gasteiger partial charge in [0.1, 0.15) is 17.2 Å². The first kappa shape index (κ1) is 52.3. The minimum absolute atomic E-state index is 0. The van der Waals surface area contributed by atoms with Crippen LogP contribution in [0.4, 0.5) is 19.3 Å². The van der Waals surface area contributed by atoms with Crippen molar-refractivity contribution in [1.82, 2.24) is 25.2 Å². The maximum Gasteiger partial charge on any atom is 0.410 e. The summed E-state index contributed by atoms with van der Waals surface area (Å²) in [5.41, 5.74) is 3.23.